The Hall–Kier alpha value is -0.170. The number of nitrogens with two attached hydrogens (primary N) is 1. The van der Waals surface area contributed by atoms with Gasteiger partial charge >= 0.3 is 0 Å². The Morgan fingerprint density at radius 3 is 2.75 bits per heavy atom. The van der Waals surface area contributed by atoms with E-state index in [1.807, 2.05) is 22.6 Å². The molecule has 0 rings (SSSR count). The maximum absolute atomic E-state index is 10.7. The molecule has 0 radical (unpaired) electrons. The second kappa shape index (κ2) is 6.36. The Morgan fingerprint density at radius 2 is 2.33 bits per heavy atom. The second-order valence-corrected chi connectivity index (χ2v) is 3.68. The van der Waals surface area contributed by atoms with Crippen molar-refractivity contribution in [3.63, 3.8) is 0 Å². The first kappa shape index (κ1) is 11.8. The van der Waals surface area contributed by atoms with Crippen LogP contribution in [0.5, 0.6) is 0 Å². The summed E-state index contributed by atoms with van der Waals surface area (Å²) in [6.07, 6.45) is 1.51. The van der Waals surface area contributed by atoms with Crippen molar-refractivity contribution in [2.75, 3.05) is 6.54 Å². The third kappa shape index (κ3) is 6.53. The Labute approximate surface area is 85.9 Å². The molecule has 70 valence electrons. The molecule has 0 bridgehead atoms. The second-order valence-electron chi connectivity index (χ2n) is 2.60. The highest BCUT2D eigenvalue weighted by Gasteiger charge is 2.06. The van der Waals surface area contributed by atoms with Crippen LogP contribution in [0.25, 0.3) is 0 Å². The van der Waals surface area contributed by atoms with Crippen molar-refractivity contribution in [1.29, 1.82) is 5.41 Å². The summed E-state index contributed by atoms with van der Waals surface area (Å²) in [5, 5.41) is 9.88. The first-order chi connectivity index (χ1) is 5.54. The molecule has 12 heavy (non-hydrogen) atoms. The minimum absolute atomic E-state index is 0.0274. The fraction of sp³-hybridized carbons (Fsp3) is 0.714. The van der Waals surface area contributed by atoms with E-state index in [4.69, 9.17) is 11.1 Å². The monoisotopic (exact) mass is 283 g/mol. The summed E-state index contributed by atoms with van der Waals surface area (Å²) in [5.74, 6) is 0.0274. The van der Waals surface area contributed by atoms with E-state index in [0.29, 0.717) is 16.8 Å². The summed E-state index contributed by atoms with van der Waals surface area (Å²) in [6.45, 7) is 2.21. The van der Waals surface area contributed by atoms with Gasteiger partial charge in [0.25, 0.3) is 0 Å². The Bertz CT molecular complexity index is 172. The van der Waals surface area contributed by atoms with Crippen LogP contribution >= 0.6 is 22.6 Å². The standard InChI is InChI=1S/C7H14IN3O/c1-5(12)6(9)3-2-4-11-7(8)10/h6H,2-4,9H2,1H3,(H2,10,11)/t6-/m1/s1. The van der Waals surface area contributed by atoms with Crippen LogP contribution in [-0.2, 0) is 4.79 Å². The maximum atomic E-state index is 10.7. The van der Waals surface area contributed by atoms with Gasteiger partial charge in [0, 0.05) is 6.54 Å². The quantitative estimate of drug-likeness (QED) is 0.228. The van der Waals surface area contributed by atoms with Crippen molar-refractivity contribution in [2.45, 2.75) is 25.8 Å². The Balaban J connectivity index is 3.31. The first-order valence-electron chi connectivity index (χ1n) is 3.78. The molecule has 0 aliphatic carbocycles. The number of rotatable bonds is 5. The molecule has 4 N–H and O–H groups in total. The van der Waals surface area contributed by atoms with Crippen LogP contribution < -0.4 is 11.1 Å². The number of carbonyl (C=O) groups excluding carboxylic acids is 1. The van der Waals surface area contributed by atoms with Crippen LogP contribution in [0, 0.1) is 5.41 Å². The number of ketones is 1. The zero-order valence-electron chi connectivity index (χ0n) is 7.06. The van der Waals surface area contributed by atoms with Gasteiger partial charge in [-0.3, -0.25) is 10.2 Å². The molecule has 0 aromatic carbocycles. The number of halogens is 1. The first-order valence-corrected chi connectivity index (χ1v) is 4.86. The molecule has 0 heterocycles. The number of carbonyl (C=O) groups is 1. The highest BCUT2D eigenvalue weighted by Crippen LogP contribution is 1.94. The molecule has 0 aromatic rings. The van der Waals surface area contributed by atoms with E-state index in [9.17, 15) is 4.79 Å². The van der Waals surface area contributed by atoms with E-state index in [-0.39, 0.29) is 11.8 Å². The lowest BCUT2D eigenvalue weighted by atomic mass is 10.1. The van der Waals surface area contributed by atoms with Crippen molar-refractivity contribution >= 4 is 32.2 Å². The molecular formula is C7H14IN3O. The van der Waals surface area contributed by atoms with Gasteiger partial charge in [-0.05, 0) is 42.4 Å². The van der Waals surface area contributed by atoms with Crippen molar-refractivity contribution in [3.05, 3.63) is 0 Å². The van der Waals surface area contributed by atoms with E-state index in [2.05, 4.69) is 5.32 Å². The van der Waals surface area contributed by atoms with E-state index >= 15 is 0 Å². The van der Waals surface area contributed by atoms with Crippen molar-refractivity contribution < 1.29 is 4.79 Å². The molecule has 5 heteroatoms. The summed E-state index contributed by atoms with van der Waals surface area (Å²) >= 11 is 1.89. The molecular weight excluding hydrogens is 269 g/mol. The third-order valence-electron chi connectivity index (χ3n) is 1.49. The van der Waals surface area contributed by atoms with Gasteiger partial charge in [-0.25, -0.2) is 0 Å². The SMILES string of the molecule is CC(=O)[C@H](N)CCCNC(=N)I. The molecule has 1 atom stereocenters. The zero-order valence-corrected chi connectivity index (χ0v) is 9.22. The lowest BCUT2D eigenvalue weighted by molar-refractivity contribution is -0.118. The van der Waals surface area contributed by atoms with Crippen molar-refractivity contribution in [1.82, 2.24) is 5.32 Å². The van der Waals surface area contributed by atoms with Gasteiger partial charge in [0.2, 0.25) is 0 Å². The number of nitrogens with one attached hydrogen (secondary N) is 2. The number of hydrogen-bond acceptors (Lipinski definition) is 3. The summed E-state index contributed by atoms with van der Waals surface area (Å²) in [7, 11) is 0. The van der Waals surface area contributed by atoms with Gasteiger partial charge in [-0.15, -0.1) is 0 Å². The zero-order chi connectivity index (χ0) is 9.56. The summed E-state index contributed by atoms with van der Waals surface area (Å²) in [5.41, 5.74) is 5.50. The summed E-state index contributed by atoms with van der Waals surface area (Å²) in [6, 6.07) is -0.338. The van der Waals surface area contributed by atoms with Crippen LogP contribution in [0.15, 0.2) is 0 Å². The summed E-state index contributed by atoms with van der Waals surface area (Å²) < 4.78 is 0.420. The predicted molar refractivity (Wildman–Crippen MR) is 57.6 cm³/mol. The van der Waals surface area contributed by atoms with E-state index in [1.165, 1.54) is 6.92 Å². The normalized spacial score (nSPS) is 12.2. The molecule has 0 saturated heterocycles. The molecule has 0 aromatic heterocycles. The van der Waals surface area contributed by atoms with Gasteiger partial charge in [-0.1, -0.05) is 0 Å². The van der Waals surface area contributed by atoms with E-state index in [0.717, 1.165) is 6.42 Å². The predicted octanol–water partition coefficient (Wildman–Crippen LogP) is 0.642. The van der Waals surface area contributed by atoms with Crippen molar-refractivity contribution in [3.8, 4) is 0 Å². The Morgan fingerprint density at radius 1 is 1.75 bits per heavy atom. The molecule has 4 nitrogen and oxygen atoms in total. The van der Waals surface area contributed by atoms with Gasteiger partial charge in [0.1, 0.15) is 5.78 Å². The van der Waals surface area contributed by atoms with Crippen molar-refractivity contribution in [2.24, 2.45) is 5.73 Å². The van der Waals surface area contributed by atoms with Gasteiger partial charge in [0.15, 0.2) is 3.84 Å². The minimum Gasteiger partial charge on any atom is -0.366 e. The highest BCUT2D eigenvalue weighted by atomic mass is 127. The largest absolute Gasteiger partial charge is 0.366 e. The smallest absolute Gasteiger partial charge is 0.157 e. The molecule has 0 saturated carbocycles. The maximum Gasteiger partial charge on any atom is 0.157 e. The average molecular weight is 283 g/mol. The molecule has 0 amide bonds. The van der Waals surface area contributed by atoms with Crippen LogP contribution in [0.1, 0.15) is 19.8 Å². The fourth-order valence-electron chi connectivity index (χ4n) is 0.723. The number of Topliss-reactive ketones (excluding diaryl/α,β-unsaturated/α-hetero) is 1. The molecule has 0 fully saturated rings. The third-order valence-corrected chi connectivity index (χ3v) is 1.88. The fourth-order valence-corrected chi connectivity index (χ4v) is 0.993. The topological polar surface area (TPSA) is 79.0 Å². The van der Waals surface area contributed by atoms with Gasteiger partial charge < -0.3 is 11.1 Å². The van der Waals surface area contributed by atoms with E-state index in [1.54, 1.807) is 0 Å². The van der Waals surface area contributed by atoms with Crippen LogP contribution in [0.3, 0.4) is 0 Å². The molecule has 0 aliphatic heterocycles. The summed E-state index contributed by atoms with van der Waals surface area (Å²) in [4.78, 5) is 10.7. The molecule has 0 unspecified atom stereocenters. The van der Waals surface area contributed by atoms with Gasteiger partial charge in [-0.2, -0.15) is 0 Å². The highest BCUT2D eigenvalue weighted by molar-refractivity contribution is 14.1. The lowest BCUT2D eigenvalue weighted by Gasteiger charge is -2.07. The lowest BCUT2D eigenvalue weighted by Crippen LogP contribution is -2.29. The minimum atomic E-state index is -0.338. The number of hydrogen-bond donors (Lipinski definition) is 3. The Kier molecular flexibility index (Phi) is 6.27. The average Bonchev–Trinajstić information content (AvgIpc) is 1.97. The van der Waals surface area contributed by atoms with Crippen LogP contribution in [-0.4, -0.2) is 22.2 Å². The van der Waals surface area contributed by atoms with E-state index < -0.39 is 0 Å². The van der Waals surface area contributed by atoms with Crippen LogP contribution in [0.4, 0.5) is 0 Å². The molecule has 0 spiro atoms. The molecule has 0 aliphatic rings. The number of amidine groups is 1. The van der Waals surface area contributed by atoms with Gasteiger partial charge in [0.05, 0.1) is 6.04 Å². The van der Waals surface area contributed by atoms with Crippen LogP contribution in [0.2, 0.25) is 0 Å².